The molecule has 0 spiro atoms. The van der Waals surface area contributed by atoms with Crippen LogP contribution in [0.15, 0.2) is 60.0 Å². The second kappa shape index (κ2) is 7.59. The Bertz CT molecular complexity index is 1050. The Labute approximate surface area is 160 Å². The van der Waals surface area contributed by atoms with Gasteiger partial charge in [-0.3, -0.25) is 10.1 Å². The molecule has 27 heavy (non-hydrogen) atoms. The van der Waals surface area contributed by atoms with Crippen molar-refractivity contribution in [3.05, 3.63) is 65.5 Å². The second-order valence-corrected chi connectivity index (χ2v) is 6.85. The highest BCUT2D eigenvalue weighted by molar-refractivity contribution is 7.15. The topological polar surface area (TPSA) is 68.5 Å². The van der Waals surface area contributed by atoms with E-state index in [0.29, 0.717) is 18.8 Å². The smallest absolute Gasteiger partial charge is 0.250 e. The van der Waals surface area contributed by atoms with E-state index < -0.39 is 0 Å². The quantitative estimate of drug-likeness (QED) is 0.550. The van der Waals surface area contributed by atoms with Crippen LogP contribution >= 0.6 is 11.3 Å². The molecule has 1 amide bonds. The molecule has 0 aliphatic rings. The average molecular weight is 378 g/mol. The fourth-order valence-corrected chi connectivity index (χ4v) is 3.62. The number of ether oxygens (including phenoxy) is 1. The number of thiazole rings is 1. The number of amides is 1. The number of carbonyl (C=O) groups excluding carboxylic acids is 1. The highest BCUT2D eigenvalue weighted by Gasteiger charge is 2.13. The van der Waals surface area contributed by atoms with E-state index in [9.17, 15) is 4.79 Å². The highest BCUT2D eigenvalue weighted by Crippen LogP contribution is 2.27. The normalized spacial score (nSPS) is 10.9. The van der Waals surface area contributed by atoms with E-state index >= 15 is 0 Å². The van der Waals surface area contributed by atoms with Gasteiger partial charge < -0.3 is 4.74 Å². The predicted octanol–water partition coefficient (Wildman–Crippen LogP) is 4.04. The van der Waals surface area contributed by atoms with Crippen molar-refractivity contribution in [1.82, 2.24) is 14.6 Å². The number of aromatic nitrogens is 3. The van der Waals surface area contributed by atoms with Crippen molar-refractivity contribution >= 4 is 28.2 Å². The lowest BCUT2D eigenvalue weighted by Crippen LogP contribution is -2.13. The van der Waals surface area contributed by atoms with Crippen LogP contribution in [0.25, 0.3) is 16.2 Å². The molecule has 0 bridgehead atoms. The summed E-state index contributed by atoms with van der Waals surface area (Å²) in [5.41, 5.74) is 3.07. The van der Waals surface area contributed by atoms with Gasteiger partial charge in [0.15, 0.2) is 0 Å². The van der Waals surface area contributed by atoms with Gasteiger partial charge in [0, 0.05) is 17.4 Å². The Hall–Kier alpha value is -3.19. The molecule has 6 nitrogen and oxygen atoms in total. The monoisotopic (exact) mass is 378 g/mol. The van der Waals surface area contributed by atoms with Crippen molar-refractivity contribution < 1.29 is 9.53 Å². The molecule has 0 radical (unpaired) electrons. The summed E-state index contributed by atoms with van der Waals surface area (Å²) < 4.78 is 6.95. The standard InChI is InChI=1S/C20H18N4O2S/c1-26-16-10-8-15(9-11-16)17-13-27-20-22-19(23-24(17)20)21-18(25)12-7-14-5-3-2-4-6-14/h2-6,8-11,13H,7,12H2,1H3,(H,21,23,25). The van der Waals surface area contributed by atoms with E-state index in [2.05, 4.69) is 15.4 Å². The first-order valence-corrected chi connectivity index (χ1v) is 9.43. The lowest BCUT2D eigenvalue weighted by Gasteiger charge is -2.02. The predicted molar refractivity (Wildman–Crippen MR) is 106 cm³/mol. The van der Waals surface area contributed by atoms with Gasteiger partial charge in [0.1, 0.15) is 5.75 Å². The number of methoxy groups -OCH3 is 1. The number of hydrogen-bond donors (Lipinski definition) is 1. The number of nitrogens with zero attached hydrogens (tertiary/aromatic N) is 3. The van der Waals surface area contributed by atoms with Gasteiger partial charge in [-0.25, -0.2) is 4.52 Å². The van der Waals surface area contributed by atoms with Crippen molar-refractivity contribution in [2.45, 2.75) is 12.8 Å². The van der Waals surface area contributed by atoms with Gasteiger partial charge in [0.2, 0.25) is 16.8 Å². The Balaban J connectivity index is 1.47. The summed E-state index contributed by atoms with van der Waals surface area (Å²) in [5.74, 6) is 1.04. The van der Waals surface area contributed by atoms with E-state index in [4.69, 9.17) is 4.74 Å². The third-order valence-corrected chi connectivity index (χ3v) is 5.02. The highest BCUT2D eigenvalue weighted by atomic mass is 32.1. The van der Waals surface area contributed by atoms with E-state index in [1.165, 1.54) is 11.3 Å². The maximum Gasteiger partial charge on any atom is 0.250 e. The van der Waals surface area contributed by atoms with E-state index in [-0.39, 0.29) is 5.91 Å². The Kier molecular flexibility index (Phi) is 4.84. The van der Waals surface area contributed by atoms with Gasteiger partial charge in [0.05, 0.1) is 12.8 Å². The number of benzene rings is 2. The fourth-order valence-electron chi connectivity index (χ4n) is 2.78. The Morgan fingerprint density at radius 2 is 1.93 bits per heavy atom. The zero-order chi connectivity index (χ0) is 18.6. The molecular formula is C20H18N4O2S. The number of hydrogen-bond acceptors (Lipinski definition) is 5. The molecule has 2 aromatic carbocycles. The average Bonchev–Trinajstić information content (AvgIpc) is 3.27. The SMILES string of the molecule is COc1ccc(-c2csc3nc(NC(=O)CCc4ccccc4)nn23)cc1. The van der Waals surface area contributed by atoms with Crippen LogP contribution in [0.4, 0.5) is 5.95 Å². The summed E-state index contributed by atoms with van der Waals surface area (Å²) in [6.45, 7) is 0. The molecule has 0 saturated heterocycles. The van der Waals surface area contributed by atoms with Crippen molar-refractivity contribution in [2.24, 2.45) is 0 Å². The zero-order valence-corrected chi connectivity index (χ0v) is 15.6. The molecule has 2 heterocycles. The van der Waals surface area contributed by atoms with E-state index in [0.717, 1.165) is 27.5 Å². The molecule has 1 N–H and O–H groups in total. The molecule has 7 heteroatoms. The molecule has 136 valence electrons. The third-order valence-electron chi connectivity index (χ3n) is 4.20. The largest absolute Gasteiger partial charge is 0.497 e. The van der Waals surface area contributed by atoms with Crippen molar-refractivity contribution in [2.75, 3.05) is 12.4 Å². The molecule has 0 unspecified atom stereocenters. The van der Waals surface area contributed by atoms with Crippen LogP contribution in [0, 0.1) is 0 Å². The van der Waals surface area contributed by atoms with Gasteiger partial charge in [-0.2, -0.15) is 4.98 Å². The maximum atomic E-state index is 12.2. The third kappa shape index (κ3) is 3.83. The summed E-state index contributed by atoms with van der Waals surface area (Å²) in [6.07, 6.45) is 1.08. The number of nitrogens with one attached hydrogen (secondary N) is 1. The lowest BCUT2D eigenvalue weighted by atomic mass is 10.1. The van der Waals surface area contributed by atoms with Crippen molar-refractivity contribution in [3.8, 4) is 17.0 Å². The van der Waals surface area contributed by atoms with Crippen molar-refractivity contribution in [3.63, 3.8) is 0 Å². The molecule has 4 aromatic rings. The minimum Gasteiger partial charge on any atom is -0.497 e. The van der Waals surface area contributed by atoms with Crippen LogP contribution in [0.5, 0.6) is 5.75 Å². The minimum atomic E-state index is -0.0943. The van der Waals surface area contributed by atoms with Crippen LogP contribution < -0.4 is 10.1 Å². The van der Waals surface area contributed by atoms with E-state index in [1.807, 2.05) is 60.0 Å². The molecule has 0 saturated carbocycles. The summed E-state index contributed by atoms with van der Waals surface area (Å²) in [4.78, 5) is 17.3. The first kappa shape index (κ1) is 17.2. The van der Waals surface area contributed by atoms with Crippen LogP contribution in [-0.4, -0.2) is 27.6 Å². The zero-order valence-electron chi connectivity index (χ0n) is 14.8. The molecule has 0 fully saturated rings. The summed E-state index contributed by atoms with van der Waals surface area (Å²) in [7, 11) is 1.64. The fraction of sp³-hybridized carbons (Fsp3) is 0.150. The number of rotatable bonds is 6. The molecule has 0 aliphatic heterocycles. The number of fused-ring (bicyclic) bond motifs is 1. The number of anilines is 1. The molecular weight excluding hydrogens is 360 g/mol. The summed E-state index contributed by atoms with van der Waals surface area (Å²) in [6, 6.07) is 17.7. The van der Waals surface area contributed by atoms with Crippen LogP contribution in [0.2, 0.25) is 0 Å². The number of aryl methyl sites for hydroxylation is 1. The summed E-state index contributed by atoms with van der Waals surface area (Å²) >= 11 is 1.48. The Morgan fingerprint density at radius 1 is 1.15 bits per heavy atom. The summed E-state index contributed by atoms with van der Waals surface area (Å²) in [5, 5.41) is 9.23. The molecule has 0 atom stereocenters. The molecule has 4 rings (SSSR count). The van der Waals surface area contributed by atoms with Crippen LogP contribution in [-0.2, 0) is 11.2 Å². The van der Waals surface area contributed by atoms with Gasteiger partial charge in [-0.05, 0) is 36.2 Å². The maximum absolute atomic E-state index is 12.2. The first-order valence-electron chi connectivity index (χ1n) is 8.55. The van der Waals surface area contributed by atoms with Gasteiger partial charge in [-0.1, -0.05) is 30.3 Å². The minimum absolute atomic E-state index is 0.0943. The first-order chi connectivity index (χ1) is 13.2. The second-order valence-electron chi connectivity index (χ2n) is 6.01. The lowest BCUT2D eigenvalue weighted by molar-refractivity contribution is -0.116. The van der Waals surface area contributed by atoms with E-state index in [1.54, 1.807) is 11.6 Å². The molecule has 0 aliphatic carbocycles. The van der Waals surface area contributed by atoms with Crippen molar-refractivity contribution in [1.29, 1.82) is 0 Å². The van der Waals surface area contributed by atoms with Crippen LogP contribution in [0.1, 0.15) is 12.0 Å². The number of carbonyl (C=O) groups is 1. The van der Waals surface area contributed by atoms with Crippen LogP contribution in [0.3, 0.4) is 0 Å². The Morgan fingerprint density at radius 3 is 2.67 bits per heavy atom. The van der Waals surface area contributed by atoms with Gasteiger partial charge >= 0.3 is 0 Å². The molecule has 2 aromatic heterocycles. The van der Waals surface area contributed by atoms with Gasteiger partial charge in [0.25, 0.3) is 0 Å². The van der Waals surface area contributed by atoms with Gasteiger partial charge in [-0.15, -0.1) is 16.4 Å².